The van der Waals surface area contributed by atoms with Crippen LogP contribution in [0.2, 0.25) is 0 Å². The summed E-state index contributed by atoms with van der Waals surface area (Å²) in [5.41, 5.74) is 5.41. The Hall–Kier alpha value is -3.71. The third-order valence-corrected chi connectivity index (χ3v) is 6.90. The van der Waals surface area contributed by atoms with Crippen molar-refractivity contribution in [3.63, 3.8) is 0 Å². The van der Waals surface area contributed by atoms with Crippen molar-refractivity contribution < 1.29 is 19.4 Å². The molecule has 1 N–H and O–H groups in total. The van der Waals surface area contributed by atoms with Crippen LogP contribution in [0.3, 0.4) is 0 Å². The van der Waals surface area contributed by atoms with E-state index in [2.05, 4.69) is 29.2 Å². The summed E-state index contributed by atoms with van der Waals surface area (Å²) in [5.74, 6) is -0.940. The van der Waals surface area contributed by atoms with Crippen LogP contribution in [0.5, 0.6) is 0 Å². The van der Waals surface area contributed by atoms with Crippen molar-refractivity contribution in [2.45, 2.75) is 18.8 Å². The highest BCUT2D eigenvalue weighted by molar-refractivity contribution is 7.22. The maximum absolute atomic E-state index is 13.2. The molecule has 0 radical (unpaired) electrons. The molecule has 7 heteroatoms. The Bertz CT molecular complexity index is 1250. The first-order valence-electron chi connectivity index (χ1n) is 10.8. The number of fused-ring (bicyclic) bond motifs is 4. The lowest BCUT2D eigenvalue weighted by atomic mass is 9.98. The summed E-state index contributed by atoms with van der Waals surface area (Å²) in [6, 6.07) is 24.0. The minimum Gasteiger partial charge on any atom is -0.481 e. The van der Waals surface area contributed by atoms with E-state index < -0.39 is 12.1 Å². The van der Waals surface area contributed by atoms with Crippen LogP contribution in [0.1, 0.15) is 29.9 Å². The van der Waals surface area contributed by atoms with Crippen molar-refractivity contribution in [3.8, 4) is 11.1 Å². The summed E-state index contributed by atoms with van der Waals surface area (Å²) in [6.45, 7) is 0.427. The summed E-state index contributed by atoms with van der Waals surface area (Å²) in [7, 11) is 0. The van der Waals surface area contributed by atoms with Gasteiger partial charge in [0, 0.05) is 18.9 Å². The SMILES string of the molecule is O=C(O)CCCN(C(=O)OCC1c2ccccc2-c2ccccc21)c1nc2ccccc2s1. The van der Waals surface area contributed by atoms with E-state index in [0.29, 0.717) is 11.6 Å². The van der Waals surface area contributed by atoms with Crippen LogP contribution in [0.25, 0.3) is 21.3 Å². The number of hydrogen-bond acceptors (Lipinski definition) is 5. The molecule has 166 valence electrons. The van der Waals surface area contributed by atoms with E-state index in [0.717, 1.165) is 21.3 Å². The van der Waals surface area contributed by atoms with Crippen LogP contribution in [0, 0.1) is 0 Å². The van der Waals surface area contributed by atoms with Crippen molar-refractivity contribution in [2.24, 2.45) is 0 Å². The number of carboxylic acid groups (broad SMARTS) is 1. The molecule has 0 saturated heterocycles. The van der Waals surface area contributed by atoms with Crippen molar-refractivity contribution in [2.75, 3.05) is 18.1 Å². The lowest BCUT2D eigenvalue weighted by molar-refractivity contribution is -0.137. The number of carboxylic acids is 1. The minimum atomic E-state index is -0.896. The summed E-state index contributed by atoms with van der Waals surface area (Å²) in [5, 5.41) is 9.55. The Labute approximate surface area is 195 Å². The van der Waals surface area contributed by atoms with Gasteiger partial charge in [-0.3, -0.25) is 9.69 Å². The Morgan fingerprint density at radius 1 is 0.939 bits per heavy atom. The van der Waals surface area contributed by atoms with Crippen LogP contribution in [0.4, 0.5) is 9.93 Å². The molecular weight excluding hydrogens is 436 g/mol. The van der Waals surface area contributed by atoms with E-state index in [1.54, 1.807) is 0 Å². The second-order valence-electron chi connectivity index (χ2n) is 7.92. The highest BCUT2D eigenvalue weighted by atomic mass is 32.1. The number of amides is 1. The number of benzene rings is 3. The first-order valence-corrected chi connectivity index (χ1v) is 11.6. The zero-order valence-electron chi connectivity index (χ0n) is 17.8. The number of rotatable bonds is 7. The molecule has 1 heterocycles. The number of carbonyl (C=O) groups is 2. The summed E-state index contributed by atoms with van der Waals surface area (Å²) >= 11 is 1.39. The first-order chi connectivity index (χ1) is 16.1. The summed E-state index contributed by atoms with van der Waals surface area (Å²) < 4.78 is 6.78. The normalized spacial score (nSPS) is 12.4. The van der Waals surface area contributed by atoms with Crippen LogP contribution in [-0.2, 0) is 9.53 Å². The highest BCUT2D eigenvalue weighted by Crippen LogP contribution is 2.44. The second-order valence-corrected chi connectivity index (χ2v) is 8.93. The Morgan fingerprint density at radius 2 is 1.58 bits per heavy atom. The molecule has 0 saturated carbocycles. The molecule has 0 atom stereocenters. The van der Waals surface area contributed by atoms with E-state index in [-0.39, 0.29) is 25.5 Å². The third-order valence-electron chi connectivity index (χ3n) is 5.84. The van der Waals surface area contributed by atoms with Crippen molar-refractivity contribution >= 4 is 38.7 Å². The van der Waals surface area contributed by atoms with E-state index in [9.17, 15) is 9.59 Å². The first kappa shape index (κ1) is 21.2. The van der Waals surface area contributed by atoms with Crippen molar-refractivity contribution in [1.29, 1.82) is 0 Å². The molecule has 3 aromatic carbocycles. The molecule has 6 nitrogen and oxygen atoms in total. The van der Waals surface area contributed by atoms with Crippen LogP contribution < -0.4 is 4.90 Å². The monoisotopic (exact) mass is 458 g/mol. The smallest absolute Gasteiger partial charge is 0.416 e. The largest absolute Gasteiger partial charge is 0.481 e. The van der Waals surface area contributed by atoms with Gasteiger partial charge >= 0.3 is 12.1 Å². The Morgan fingerprint density at radius 3 is 2.24 bits per heavy atom. The van der Waals surface area contributed by atoms with Crippen molar-refractivity contribution in [1.82, 2.24) is 4.98 Å². The topological polar surface area (TPSA) is 79.7 Å². The molecule has 0 unspecified atom stereocenters. The zero-order valence-corrected chi connectivity index (χ0v) is 18.6. The Balaban J connectivity index is 1.38. The molecule has 0 spiro atoms. The Kier molecular flexibility index (Phi) is 5.79. The molecule has 5 rings (SSSR count). The number of para-hydroxylation sites is 1. The third kappa shape index (κ3) is 4.19. The van der Waals surface area contributed by atoms with E-state index in [1.807, 2.05) is 48.5 Å². The quantitative estimate of drug-likeness (QED) is 0.372. The average molecular weight is 459 g/mol. The number of nitrogens with zero attached hydrogens (tertiary/aromatic N) is 2. The molecule has 1 aliphatic rings. The fourth-order valence-electron chi connectivity index (χ4n) is 4.30. The molecular formula is C26H22N2O4S. The van der Waals surface area contributed by atoms with Gasteiger partial charge in [0.15, 0.2) is 5.13 Å². The molecule has 0 fully saturated rings. The van der Waals surface area contributed by atoms with Gasteiger partial charge in [0.1, 0.15) is 6.61 Å². The molecule has 0 bridgehead atoms. The van der Waals surface area contributed by atoms with Gasteiger partial charge < -0.3 is 9.84 Å². The molecule has 1 amide bonds. The molecule has 1 aliphatic carbocycles. The fraction of sp³-hybridized carbons (Fsp3) is 0.192. The van der Waals surface area contributed by atoms with Gasteiger partial charge in [-0.1, -0.05) is 72.0 Å². The standard InChI is InChI=1S/C26H22N2O4S/c29-24(30)14-7-15-28(25-27-22-12-5-6-13-23(22)33-25)26(31)32-16-21-19-10-3-1-8-17(19)18-9-2-4-11-20(18)21/h1-6,8-13,21H,7,14-16H2,(H,29,30). The highest BCUT2D eigenvalue weighted by Gasteiger charge is 2.30. The van der Waals surface area contributed by atoms with Gasteiger partial charge in [-0.2, -0.15) is 0 Å². The molecule has 33 heavy (non-hydrogen) atoms. The van der Waals surface area contributed by atoms with Crippen LogP contribution in [0.15, 0.2) is 72.8 Å². The number of carbonyl (C=O) groups excluding carboxylic acids is 1. The van der Waals surface area contributed by atoms with Gasteiger partial charge in [0.2, 0.25) is 0 Å². The summed E-state index contributed by atoms with van der Waals surface area (Å²) in [4.78, 5) is 30.3. The zero-order chi connectivity index (χ0) is 22.8. The van der Waals surface area contributed by atoms with E-state index >= 15 is 0 Å². The van der Waals surface area contributed by atoms with E-state index in [4.69, 9.17) is 9.84 Å². The van der Waals surface area contributed by atoms with Crippen molar-refractivity contribution in [3.05, 3.63) is 83.9 Å². The molecule has 0 aliphatic heterocycles. The van der Waals surface area contributed by atoms with Gasteiger partial charge in [-0.05, 0) is 40.8 Å². The second kappa shape index (κ2) is 9.03. The number of ether oxygens (including phenoxy) is 1. The predicted octanol–water partition coefficient (Wildman–Crippen LogP) is 5.92. The summed E-state index contributed by atoms with van der Waals surface area (Å²) in [6.07, 6.45) is -0.227. The maximum atomic E-state index is 13.2. The van der Waals surface area contributed by atoms with Gasteiger partial charge in [-0.15, -0.1) is 0 Å². The number of hydrogen-bond donors (Lipinski definition) is 1. The maximum Gasteiger partial charge on any atom is 0.416 e. The average Bonchev–Trinajstić information content (AvgIpc) is 3.39. The predicted molar refractivity (Wildman–Crippen MR) is 129 cm³/mol. The van der Waals surface area contributed by atoms with Crippen LogP contribution >= 0.6 is 11.3 Å². The van der Waals surface area contributed by atoms with E-state index in [1.165, 1.54) is 27.4 Å². The minimum absolute atomic E-state index is 0.0297. The molecule has 1 aromatic heterocycles. The number of aromatic nitrogens is 1. The van der Waals surface area contributed by atoms with Gasteiger partial charge in [0.25, 0.3) is 0 Å². The molecule has 4 aromatic rings. The fourth-order valence-corrected chi connectivity index (χ4v) is 5.28. The number of thiazole rings is 1. The van der Waals surface area contributed by atoms with Gasteiger partial charge in [-0.25, -0.2) is 9.78 Å². The lowest BCUT2D eigenvalue weighted by Crippen LogP contribution is -2.33. The number of aliphatic carboxylic acids is 1. The lowest BCUT2D eigenvalue weighted by Gasteiger charge is -2.21. The number of anilines is 1. The van der Waals surface area contributed by atoms with Crippen LogP contribution in [-0.4, -0.2) is 35.3 Å². The van der Waals surface area contributed by atoms with Gasteiger partial charge in [0.05, 0.1) is 10.2 Å².